The molecule has 0 aromatic heterocycles. The molecule has 2 nitrogen and oxygen atoms in total. The van der Waals surface area contributed by atoms with E-state index in [2.05, 4.69) is 148 Å². The van der Waals surface area contributed by atoms with Crippen LogP contribution < -0.4 is 0 Å². The van der Waals surface area contributed by atoms with E-state index < -0.39 is 0 Å². The van der Waals surface area contributed by atoms with Crippen molar-refractivity contribution in [1.29, 1.82) is 0 Å². The number of ether oxygens (including phenoxy) is 2. The quantitative estimate of drug-likeness (QED) is 0.0851. The Morgan fingerprint density at radius 2 is 1.11 bits per heavy atom. The van der Waals surface area contributed by atoms with E-state index in [1.807, 2.05) is 0 Å². The minimum Gasteiger partial charge on any atom is -0.378 e. The van der Waals surface area contributed by atoms with E-state index in [1.165, 1.54) is 55.2 Å². The van der Waals surface area contributed by atoms with Crippen molar-refractivity contribution in [1.82, 2.24) is 0 Å². The van der Waals surface area contributed by atoms with Crippen LogP contribution in [0.4, 0.5) is 0 Å². The Morgan fingerprint density at radius 1 is 0.614 bits per heavy atom. The first-order valence-electron chi connectivity index (χ1n) is 17.1. The first kappa shape index (κ1) is 41.8. The molecule has 0 fully saturated rings. The molecule has 0 aliphatic heterocycles. The summed E-state index contributed by atoms with van der Waals surface area (Å²) in [6.07, 6.45) is 39.7. The fourth-order valence-corrected chi connectivity index (χ4v) is 4.52. The van der Waals surface area contributed by atoms with Gasteiger partial charge in [-0.15, -0.1) is 0 Å². The third kappa shape index (κ3) is 25.2. The molecule has 44 heavy (non-hydrogen) atoms. The predicted molar refractivity (Wildman–Crippen MR) is 198 cm³/mol. The molecular weight excluding hydrogens is 536 g/mol. The predicted octanol–water partition coefficient (Wildman–Crippen LogP) is 12.9. The summed E-state index contributed by atoms with van der Waals surface area (Å²) < 4.78 is 10.9. The van der Waals surface area contributed by atoms with Crippen LogP contribution in [0.15, 0.2) is 95.7 Å². The molecule has 0 heterocycles. The van der Waals surface area contributed by atoms with Crippen molar-refractivity contribution >= 4 is 0 Å². The highest BCUT2D eigenvalue weighted by Crippen LogP contribution is 2.19. The van der Waals surface area contributed by atoms with Crippen molar-refractivity contribution < 1.29 is 9.47 Å². The van der Waals surface area contributed by atoms with Crippen LogP contribution >= 0.6 is 0 Å². The molecule has 0 bridgehead atoms. The Kier molecular flexibility index (Phi) is 22.9. The average molecular weight is 607 g/mol. The number of hydrogen-bond donors (Lipinski definition) is 0. The van der Waals surface area contributed by atoms with Gasteiger partial charge >= 0.3 is 0 Å². The first-order chi connectivity index (χ1) is 20.7. The van der Waals surface area contributed by atoms with Gasteiger partial charge in [0.1, 0.15) is 0 Å². The van der Waals surface area contributed by atoms with Gasteiger partial charge in [-0.05, 0) is 111 Å². The minimum absolute atomic E-state index is 0.0966. The van der Waals surface area contributed by atoms with Crippen molar-refractivity contribution in [2.45, 2.75) is 138 Å². The highest BCUT2D eigenvalue weighted by molar-refractivity contribution is 5.26. The average Bonchev–Trinajstić information content (AvgIpc) is 2.95. The van der Waals surface area contributed by atoms with E-state index in [1.54, 1.807) is 14.2 Å². The Labute approximate surface area is 274 Å². The van der Waals surface area contributed by atoms with Crippen LogP contribution in [0.2, 0.25) is 0 Å². The summed E-state index contributed by atoms with van der Waals surface area (Å²) in [6.45, 7) is 22.0. The van der Waals surface area contributed by atoms with Crippen molar-refractivity contribution in [2.24, 2.45) is 17.8 Å². The summed E-state index contributed by atoms with van der Waals surface area (Å²) in [6, 6.07) is 0. The van der Waals surface area contributed by atoms with Gasteiger partial charge in [-0.1, -0.05) is 129 Å². The Bertz CT molecular complexity index is 993. The van der Waals surface area contributed by atoms with Gasteiger partial charge in [0.05, 0.1) is 11.2 Å². The number of allylic oxidation sites excluding steroid dienone is 14. The zero-order chi connectivity index (χ0) is 33.4. The molecular formula is C42H70O2. The van der Waals surface area contributed by atoms with Crippen molar-refractivity contribution in [3.8, 4) is 0 Å². The van der Waals surface area contributed by atoms with Gasteiger partial charge in [0, 0.05) is 14.2 Å². The molecule has 0 saturated carbocycles. The first-order valence-corrected chi connectivity index (χ1v) is 17.1. The van der Waals surface area contributed by atoms with E-state index in [0.29, 0.717) is 5.92 Å². The Balaban J connectivity index is 4.22. The molecule has 0 radical (unpaired) electrons. The van der Waals surface area contributed by atoms with E-state index >= 15 is 0 Å². The highest BCUT2D eigenvalue weighted by Gasteiger charge is 2.13. The summed E-state index contributed by atoms with van der Waals surface area (Å²) in [4.78, 5) is 0. The van der Waals surface area contributed by atoms with Crippen molar-refractivity contribution in [3.05, 3.63) is 95.7 Å². The van der Waals surface area contributed by atoms with Gasteiger partial charge in [-0.25, -0.2) is 0 Å². The second-order valence-electron chi connectivity index (χ2n) is 14.3. The normalized spacial score (nSPS) is 16.9. The SMILES string of the molecule is COC(C)(C)C/C=C/C(C)=C/C=C/C(C)=C/CCC(C)C/C=C/CC(C)CCCC(C)/C=C/C=C(C)/C=C/CC(C)(C)OC. The molecule has 0 aliphatic carbocycles. The van der Waals surface area contributed by atoms with Gasteiger partial charge in [-0.2, -0.15) is 0 Å². The molecule has 250 valence electrons. The molecule has 3 unspecified atom stereocenters. The molecule has 0 aliphatic rings. The van der Waals surface area contributed by atoms with E-state index in [-0.39, 0.29) is 11.2 Å². The largest absolute Gasteiger partial charge is 0.378 e. The molecule has 0 aromatic rings. The van der Waals surface area contributed by atoms with Gasteiger partial charge in [0.2, 0.25) is 0 Å². The lowest BCUT2D eigenvalue weighted by molar-refractivity contribution is 0.0252. The maximum absolute atomic E-state index is 5.47. The lowest BCUT2D eigenvalue weighted by Gasteiger charge is -2.20. The van der Waals surface area contributed by atoms with Gasteiger partial charge < -0.3 is 9.47 Å². The second kappa shape index (κ2) is 24.1. The summed E-state index contributed by atoms with van der Waals surface area (Å²) in [5.41, 5.74) is 3.67. The van der Waals surface area contributed by atoms with Crippen LogP contribution in [0.1, 0.15) is 127 Å². The molecule has 2 heteroatoms. The monoisotopic (exact) mass is 607 g/mol. The molecule has 3 atom stereocenters. The maximum atomic E-state index is 5.47. The van der Waals surface area contributed by atoms with Crippen LogP contribution in [0, 0.1) is 17.8 Å². The molecule has 0 saturated heterocycles. The topological polar surface area (TPSA) is 18.5 Å². The molecule has 0 rings (SSSR count). The fourth-order valence-electron chi connectivity index (χ4n) is 4.52. The molecule has 0 spiro atoms. The fraction of sp³-hybridized carbons (Fsp3) is 0.619. The van der Waals surface area contributed by atoms with Crippen LogP contribution in [0.3, 0.4) is 0 Å². The van der Waals surface area contributed by atoms with Gasteiger partial charge in [0.15, 0.2) is 0 Å². The second-order valence-corrected chi connectivity index (χ2v) is 14.3. The zero-order valence-electron chi connectivity index (χ0n) is 30.9. The third-order valence-electron chi connectivity index (χ3n) is 8.33. The summed E-state index contributed by atoms with van der Waals surface area (Å²) in [7, 11) is 3.54. The molecule has 0 N–H and O–H groups in total. The molecule has 0 aromatic carbocycles. The minimum atomic E-state index is -0.104. The van der Waals surface area contributed by atoms with Crippen LogP contribution in [0.25, 0.3) is 0 Å². The number of methoxy groups -OCH3 is 2. The Morgan fingerprint density at radius 3 is 1.64 bits per heavy atom. The summed E-state index contributed by atoms with van der Waals surface area (Å²) in [5.74, 6) is 2.09. The third-order valence-corrected chi connectivity index (χ3v) is 8.33. The molecule has 0 amide bonds. The van der Waals surface area contributed by atoms with Crippen LogP contribution in [-0.4, -0.2) is 25.4 Å². The van der Waals surface area contributed by atoms with E-state index in [0.717, 1.165) is 31.1 Å². The summed E-state index contributed by atoms with van der Waals surface area (Å²) in [5, 5.41) is 0. The highest BCUT2D eigenvalue weighted by atomic mass is 16.5. The number of rotatable bonds is 23. The van der Waals surface area contributed by atoms with E-state index in [9.17, 15) is 0 Å². The zero-order valence-corrected chi connectivity index (χ0v) is 30.9. The van der Waals surface area contributed by atoms with Crippen molar-refractivity contribution in [2.75, 3.05) is 14.2 Å². The Hall–Kier alpha value is -2.16. The van der Waals surface area contributed by atoms with Crippen LogP contribution in [0.5, 0.6) is 0 Å². The number of hydrogen-bond acceptors (Lipinski definition) is 2. The van der Waals surface area contributed by atoms with Crippen LogP contribution in [-0.2, 0) is 9.47 Å². The summed E-state index contributed by atoms with van der Waals surface area (Å²) >= 11 is 0. The lowest BCUT2D eigenvalue weighted by atomic mass is 9.95. The van der Waals surface area contributed by atoms with Gasteiger partial charge in [0.25, 0.3) is 0 Å². The van der Waals surface area contributed by atoms with E-state index in [4.69, 9.17) is 9.47 Å². The standard InChI is InChI=1S/C42H70O2/c1-35(23-15-25-37(3)27-17-29-39(5)31-19-33-41(7,8)43-11)21-13-14-22-36(2)24-16-26-38(4)28-18-30-40(6)32-20-34-42(9,10)44-12/h13-14,17-20,25,27-32,35-36,38H,15-16,21-24,26,33-34H2,1-12H3/b14-13+,27-17+,28-18+,31-19+,32-20+,37-25+,39-29+,40-30+. The maximum Gasteiger partial charge on any atom is 0.0657 e. The van der Waals surface area contributed by atoms with Crippen molar-refractivity contribution in [3.63, 3.8) is 0 Å². The lowest BCUT2D eigenvalue weighted by Crippen LogP contribution is -2.20. The smallest absolute Gasteiger partial charge is 0.0657 e. The van der Waals surface area contributed by atoms with Gasteiger partial charge in [-0.3, -0.25) is 0 Å².